The highest BCUT2D eigenvalue weighted by Gasteiger charge is 2.23. The molecular formula is C24H22FN5O4. The van der Waals surface area contributed by atoms with E-state index in [0.717, 1.165) is 28.5 Å². The van der Waals surface area contributed by atoms with Crippen LogP contribution in [0.5, 0.6) is 5.75 Å². The van der Waals surface area contributed by atoms with E-state index in [1.165, 1.54) is 27.7 Å². The number of carboxylic acid groups (broad SMARTS) is 1. The van der Waals surface area contributed by atoms with Gasteiger partial charge in [-0.05, 0) is 42.3 Å². The van der Waals surface area contributed by atoms with Gasteiger partial charge in [0.2, 0.25) is 0 Å². The van der Waals surface area contributed by atoms with E-state index in [2.05, 4.69) is 4.98 Å². The normalized spacial score (nSPS) is 13.5. The molecule has 9 nitrogen and oxygen atoms in total. The fourth-order valence-corrected chi connectivity index (χ4v) is 4.33. The monoisotopic (exact) mass is 463 g/mol. The van der Waals surface area contributed by atoms with Crippen LogP contribution in [0.15, 0.2) is 53.6 Å². The summed E-state index contributed by atoms with van der Waals surface area (Å²) in [7, 11) is 1.91. The Morgan fingerprint density at radius 2 is 2.00 bits per heavy atom. The molecule has 0 fully saturated rings. The third-order valence-corrected chi connectivity index (χ3v) is 6.09. The minimum absolute atomic E-state index is 0.113. The van der Waals surface area contributed by atoms with Gasteiger partial charge in [-0.15, -0.1) is 0 Å². The van der Waals surface area contributed by atoms with Crippen LogP contribution in [0.4, 0.5) is 9.18 Å². The summed E-state index contributed by atoms with van der Waals surface area (Å²) >= 11 is 0. The van der Waals surface area contributed by atoms with E-state index in [0.29, 0.717) is 43.2 Å². The highest BCUT2D eigenvalue weighted by Crippen LogP contribution is 2.28. The zero-order valence-corrected chi connectivity index (χ0v) is 18.4. The van der Waals surface area contributed by atoms with Gasteiger partial charge in [0, 0.05) is 49.9 Å². The van der Waals surface area contributed by atoms with Gasteiger partial charge in [0.15, 0.2) is 0 Å². The van der Waals surface area contributed by atoms with Crippen molar-refractivity contribution in [2.24, 2.45) is 7.05 Å². The van der Waals surface area contributed by atoms with E-state index >= 15 is 0 Å². The van der Waals surface area contributed by atoms with E-state index in [1.807, 2.05) is 17.7 Å². The molecule has 1 N–H and O–H groups in total. The first kappa shape index (κ1) is 21.6. The summed E-state index contributed by atoms with van der Waals surface area (Å²) in [6.07, 6.45) is 3.04. The van der Waals surface area contributed by atoms with Crippen LogP contribution in [0, 0.1) is 5.82 Å². The fraction of sp³-hybridized carbons (Fsp3) is 0.250. The largest absolute Gasteiger partial charge is 0.487 e. The molecule has 0 spiro atoms. The van der Waals surface area contributed by atoms with Crippen molar-refractivity contribution in [1.29, 1.82) is 0 Å². The molecule has 0 atom stereocenters. The molecule has 1 amide bonds. The Morgan fingerprint density at radius 1 is 1.18 bits per heavy atom. The number of nitrogens with zero attached hydrogens (tertiary/aromatic N) is 5. The number of fused-ring (bicyclic) bond motifs is 3. The minimum atomic E-state index is -0.904. The summed E-state index contributed by atoms with van der Waals surface area (Å²) in [5, 5.41) is 10.3. The van der Waals surface area contributed by atoms with Crippen molar-refractivity contribution in [3.05, 3.63) is 81.9 Å². The van der Waals surface area contributed by atoms with E-state index < -0.39 is 11.9 Å². The molecule has 0 unspecified atom stereocenters. The molecule has 10 heteroatoms. The topological polar surface area (TPSA) is 102 Å². The second-order valence-electron chi connectivity index (χ2n) is 8.12. The number of halogens is 1. The van der Waals surface area contributed by atoms with Gasteiger partial charge in [0.1, 0.15) is 29.6 Å². The Bertz CT molecular complexity index is 1440. The Balaban J connectivity index is 1.40. The highest BCUT2D eigenvalue weighted by atomic mass is 19.1. The van der Waals surface area contributed by atoms with Crippen LogP contribution in [0.25, 0.3) is 16.9 Å². The maximum absolute atomic E-state index is 13.0. The third-order valence-electron chi connectivity index (χ3n) is 6.09. The summed E-state index contributed by atoms with van der Waals surface area (Å²) in [5.41, 5.74) is 3.16. The van der Waals surface area contributed by atoms with Crippen LogP contribution < -0.4 is 10.3 Å². The molecule has 5 rings (SSSR count). The Labute approximate surface area is 193 Å². The van der Waals surface area contributed by atoms with E-state index in [9.17, 15) is 19.1 Å². The van der Waals surface area contributed by atoms with Gasteiger partial charge < -0.3 is 19.3 Å². The van der Waals surface area contributed by atoms with Gasteiger partial charge in [-0.25, -0.2) is 14.2 Å². The minimum Gasteiger partial charge on any atom is -0.487 e. The van der Waals surface area contributed by atoms with Crippen LogP contribution in [0.3, 0.4) is 0 Å². The molecule has 4 aromatic rings. The highest BCUT2D eigenvalue weighted by molar-refractivity contribution is 5.83. The number of amides is 1. The molecule has 0 saturated heterocycles. The molecular weight excluding hydrogens is 441 g/mol. The zero-order valence-electron chi connectivity index (χ0n) is 18.4. The van der Waals surface area contributed by atoms with Crippen molar-refractivity contribution < 1.29 is 19.0 Å². The van der Waals surface area contributed by atoms with Gasteiger partial charge in [-0.2, -0.15) is 0 Å². The molecule has 1 aliphatic rings. The maximum Gasteiger partial charge on any atom is 0.407 e. The number of aryl methyl sites for hydroxylation is 1. The number of ether oxygens (including phenoxy) is 1. The molecule has 0 radical (unpaired) electrons. The summed E-state index contributed by atoms with van der Waals surface area (Å²) in [5.74, 6) is 0.432. The first-order valence-corrected chi connectivity index (χ1v) is 10.8. The predicted molar refractivity (Wildman–Crippen MR) is 122 cm³/mol. The van der Waals surface area contributed by atoms with Crippen LogP contribution in [0.1, 0.15) is 17.0 Å². The summed E-state index contributed by atoms with van der Waals surface area (Å²) in [6.45, 7) is 0.993. The van der Waals surface area contributed by atoms with Crippen LogP contribution in [-0.4, -0.2) is 48.3 Å². The Kier molecular flexibility index (Phi) is 5.48. The average Bonchev–Trinajstić information content (AvgIpc) is 2.97. The lowest BCUT2D eigenvalue weighted by molar-refractivity contribution is 0.147. The molecule has 174 valence electrons. The van der Waals surface area contributed by atoms with Crippen LogP contribution in [0.2, 0.25) is 0 Å². The van der Waals surface area contributed by atoms with E-state index in [-0.39, 0.29) is 12.2 Å². The second kappa shape index (κ2) is 8.62. The first-order chi connectivity index (χ1) is 16.4. The van der Waals surface area contributed by atoms with Crippen molar-refractivity contribution in [3.8, 4) is 11.6 Å². The van der Waals surface area contributed by atoms with Gasteiger partial charge in [0.25, 0.3) is 5.56 Å². The van der Waals surface area contributed by atoms with E-state index in [1.54, 1.807) is 18.3 Å². The molecule has 1 aliphatic heterocycles. The maximum atomic E-state index is 13.0. The summed E-state index contributed by atoms with van der Waals surface area (Å²) in [4.78, 5) is 34.2. The lowest BCUT2D eigenvalue weighted by Gasteiger charge is -2.15. The molecule has 34 heavy (non-hydrogen) atoms. The molecule has 0 aliphatic carbocycles. The average molecular weight is 463 g/mol. The standard InChI is InChI=1S/C24H22FN5O4/c1-28-20-8-10-29(24(32)33)9-7-18(20)19-4-5-21(27-23(19)28)30-11-6-17(12-22(30)31)34-14-16-3-2-15(25)13-26-16/h2-6,11-13H,7-10,14H2,1H3,(H,32,33). The van der Waals surface area contributed by atoms with Crippen LogP contribution >= 0.6 is 0 Å². The van der Waals surface area contributed by atoms with Gasteiger partial charge in [-0.3, -0.25) is 14.3 Å². The summed E-state index contributed by atoms with van der Waals surface area (Å²) < 4.78 is 22.0. The quantitative estimate of drug-likeness (QED) is 0.499. The molecule has 0 saturated carbocycles. The Morgan fingerprint density at radius 3 is 2.74 bits per heavy atom. The van der Waals surface area contributed by atoms with Crippen molar-refractivity contribution in [2.75, 3.05) is 13.1 Å². The molecule has 0 aromatic carbocycles. The second-order valence-corrected chi connectivity index (χ2v) is 8.12. The first-order valence-electron chi connectivity index (χ1n) is 10.8. The molecule has 4 aromatic heterocycles. The Hall–Kier alpha value is -4.21. The SMILES string of the molecule is Cn1c2c(c3ccc(-n4ccc(OCc5ccc(F)cn5)cc4=O)nc31)CCN(C(=O)O)CC2. The lowest BCUT2D eigenvalue weighted by atomic mass is 10.1. The number of aromatic nitrogens is 4. The van der Waals surface area contributed by atoms with Crippen molar-refractivity contribution in [1.82, 2.24) is 24.0 Å². The zero-order chi connectivity index (χ0) is 23.8. The fourth-order valence-electron chi connectivity index (χ4n) is 4.33. The molecule has 5 heterocycles. The van der Waals surface area contributed by atoms with Crippen LogP contribution in [-0.2, 0) is 26.5 Å². The van der Waals surface area contributed by atoms with Crippen molar-refractivity contribution >= 4 is 17.1 Å². The predicted octanol–water partition coefficient (Wildman–Crippen LogP) is 2.92. The number of hydrogen-bond donors (Lipinski definition) is 1. The van der Waals surface area contributed by atoms with Crippen molar-refractivity contribution in [2.45, 2.75) is 19.4 Å². The number of rotatable bonds is 4. The number of pyridine rings is 3. The van der Waals surface area contributed by atoms with Gasteiger partial charge in [0.05, 0.1) is 11.9 Å². The summed E-state index contributed by atoms with van der Waals surface area (Å²) in [6, 6.07) is 9.58. The number of carbonyl (C=O) groups is 1. The van der Waals surface area contributed by atoms with Crippen molar-refractivity contribution in [3.63, 3.8) is 0 Å². The van der Waals surface area contributed by atoms with E-state index in [4.69, 9.17) is 9.72 Å². The lowest BCUT2D eigenvalue weighted by Crippen LogP contribution is -2.31. The third kappa shape index (κ3) is 3.98. The van der Waals surface area contributed by atoms with Gasteiger partial charge in [-0.1, -0.05) is 0 Å². The van der Waals surface area contributed by atoms with Gasteiger partial charge >= 0.3 is 6.09 Å². The molecule has 0 bridgehead atoms. The smallest absolute Gasteiger partial charge is 0.407 e. The number of hydrogen-bond acceptors (Lipinski definition) is 5.